The first-order valence-corrected chi connectivity index (χ1v) is 7.96. The number of urea groups is 1. The van der Waals surface area contributed by atoms with Crippen LogP contribution in [0.3, 0.4) is 0 Å². The molecule has 0 spiro atoms. The normalized spacial score (nSPS) is 21.8. The van der Waals surface area contributed by atoms with Crippen LogP contribution in [0, 0.1) is 0 Å². The van der Waals surface area contributed by atoms with E-state index in [1.807, 2.05) is 28.0 Å². The summed E-state index contributed by atoms with van der Waals surface area (Å²) in [5, 5.41) is 2.83. The second kappa shape index (κ2) is 6.77. The minimum absolute atomic E-state index is 0.00721. The molecule has 0 aromatic carbocycles. The van der Waals surface area contributed by atoms with E-state index in [4.69, 9.17) is 0 Å². The number of likely N-dealkylation sites (tertiary alicyclic amines) is 1. The van der Waals surface area contributed by atoms with Gasteiger partial charge < -0.3 is 15.1 Å². The van der Waals surface area contributed by atoms with E-state index in [0.717, 1.165) is 31.6 Å². The number of hydrogen-bond acceptors (Lipinski definition) is 3. The second-order valence-electron chi connectivity index (χ2n) is 5.88. The summed E-state index contributed by atoms with van der Waals surface area (Å²) in [7, 11) is 0. The average Bonchev–Trinajstić information content (AvgIpc) is 3.00. The van der Waals surface area contributed by atoms with Crippen molar-refractivity contribution in [2.24, 2.45) is 0 Å². The van der Waals surface area contributed by atoms with Crippen LogP contribution in [0.25, 0.3) is 0 Å². The van der Waals surface area contributed by atoms with Crippen LogP contribution < -0.4 is 5.32 Å². The molecule has 0 unspecified atom stereocenters. The molecule has 2 saturated heterocycles. The Labute approximate surface area is 130 Å². The van der Waals surface area contributed by atoms with Crippen molar-refractivity contribution in [1.29, 1.82) is 0 Å². The molecule has 2 aliphatic heterocycles. The smallest absolute Gasteiger partial charge is 0.317 e. The van der Waals surface area contributed by atoms with Gasteiger partial charge >= 0.3 is 6.03 Å². The van der Waals surface area contributed by atoms with Crippen molar-refractivity contribution in [3.8, 4) is 0 Å². The van der Waals surface area contributed by atoms with Crippen LogP contribution in [-0.2, 0) is 11.2 Å². The van der Waals surface area contributed by atoms with Crippen LogP contribution in [0.4, 0.5) is 4.79 Å². The molecule has 2 fully saturated rings. The molecule has 1 atom stereocenters. The maximum absolute atomic E-state index is 12.4. The van der Waals surface area contributed by atoms with Gasteiger partial charge in [0, 0.05) is 44.5 Å². The van der Waals surface area contributed by atoms with Crippen molar-refractivity contribution in [2.75, 3.05) is 26.2 Å². The fourth-order valence-electron chi connectivity index (χ4n) is 3.21. The average molecular weight is 302 g/mol. The summed E-state index contributed by atoms with van der Waals surface area (Å²) in [5.41, 5.74) is 0.948. The third-order valence-corrected chi connectivity index (χ3v) is 4.40. The number of carbonyl (C=O) groups excluding carboxylic acids is 2. The molecular formula is C16H22N4O2. The van der Waals surface area contributed by atoms with Crippen LogP contribution in [0.15, 0.2) is 24.4 Å². The Kier molecular flexibility index (Phi) is 4.56. The Morgan fingerprint density at radius 2 is 2.27 bits per heavy atom. The Hall–Kier alpha value is -2.11. The first-order chi connectivity index (χ1) is 10.7. The summed E-state index contributed by atoms with van der Waals surface area (Å²) in [6.45, 7) is 2.92. The van der Waals surface area contributed by atoms with Gasteiger partial charge in [-0.3, -0.25) is 9.78 Å². The summed E-state index contributed by atoms with van der Waals surface area (Å²) in [6, 6.07) is 5.93. The summed E-state index contributed by atoms with van der Waals surface area (Å²) >= 11 is 0. The molecule has 2 aliphatic rings. The number of aromatic nitrogens is 1. The van der Waals surface area contributed by atoms with Gasteiger partial charge in [-0.15, -0.1) is 0 Å². The first kappa shape index (κ1) is 14.8. The maximum Gasteiger partial charge on any atom is 0.317 e. The fourth-order valence-corrected chi connectivity index (χ4v) is 3.21. The van der Waals surface area contributed by atoms with Crippen molar-refractivity contribution in [2.45, 2.75) is 31.7 Å². The van der Waals surface area contributed by atoms with Gasteiger partial charge in [-0.1, -0.05) is 6.07 Å². The highest BCUT2D eigenvalue weighted by Crippen LogP contribution is 2.18. The molecule has 1 aromatic heterocycles. The van der Waals surface area contributed by atoms with Crippen LogP contribution in [0.5, 0.6) is 0 Å². The summed E-state index contributed by atoms with van der Waals surface area (Å²) < 4.78 is 0. The molecule has 3 heterocycles. The minimum Gasteiger partial charge on any atom is -0.341 e. The van der Waals surface area contributed by atoms with Crippen molar-refractivity contribution in [3.05, 3.63) is 30.1 Å². The number of amides is 3. The summed E-state index contributed by atoms with van der Waals surface area (Å²) in [4.78, 5) is 32.2. The molecular weight excluding hydrogens is 280 g/mol. The predicted octanol–water partition coefficient (Wildman–Crippen LogP) is 1.03. The molecule has 0 saturated carbocycles. The second-order valence-corrected chi connectivity index (χ2v) is 5.88. The molecule has 0 aliphatic carbocycles. The van der Waals surface area contributed by atoms with Crippen molar-refractivity contribution < 1.29 is 9.59 Å². The third-order valence-electron chi connectivity index (χ3n) is 4.40. The van der Waals surface area contributed by atoms with Crippen LogP contribution in [0.2, 0.25) is 0 Å². The Morgan fingerprint density at radius 1 is 1.36 bits per heavy atom. The number of carbonyl (C=O) groups is 2. The van der Waals surface area contributed by atoms with Crippen molar-refractivity contribution in [1.82, 2.24) is 20.1 Å². The van der Waals surface area contributed by atoms with Crippen LogP contribution >= 0.6 is 0 Å². The lowest BCUT2D eigenvalue weighted by atomic mass is 10.0. The van der Waals surface area contributed by atoms with E-state index >= 15 is 0 Å². The van der Waals surface area contributed by atoms with Gasteiger partial charge in [-0.2, -0.15) is 0 Å². The Morgan fingerprint density at radius 3 is 3.00 bits per heavy atom. The van der Waals surface area contributed by atoms with Crippen LogP contribution in [0.1, 0.15) is 25.0 Å². The Bertz CT molecular complexity index is 534. The van der Waals surface area contributed by atoms with Crippen LogP contribution in [-0.4, -0.2) is 58.9 Å². The lowest BCUT2D eigenvalue weighted by Gasteiger charge is -2.37. The molecule has 3 amide bonds. The number of piperidine rings is 1. The summed E-state index contributed by atoms with van der Waals surface area (Å²) in [5.74, 6) is 0.162. The van der Waals surface area contributed by atoms with Gasteiger partial charge in [0.1, 0.15) is 0 Å². The zero-order valence-electron chi connectivity index (χ0n) is 12.7. The van der Waals surface area contributed by atoms with E-state index in [2.05, 4.69) is 10.3 Å². The number of rotatable bonds is 4. The molecule has 118 valence electrons. The molecule has 3 rings (SSSR count). The van der Waals surface area contributed by atoms with Gasteiger partial charge in [-0.25, -0.2) is 4.79 Å². The number of nitrogens with one attached hydrogen (secondary N) is 1. The lowest BCUT2D eigenvalue weighted by molar-refractivity contribution is -0.133. The standard InChI is InChI=1S/C16H22N4O2/c21-15(7-6-13-4-1-2-8-17-13)19-10-3-5-14(12-19)20-11-9-18-16(20)22/h1-2,4,8,14H,3,5-7,9-12H2,(H,18,22)/t14-/m1/s1. The van der Waals surface area contributed by atoms with E-state index in [0.29, 0.717) is 25.9 Å². The van der Waals surface area contributed by atoms with Gasteiger partial charge in [0.25, 0.3) is 0 Å². The SMILES string of the molecule is O=C(CCc1ccccn1)N1CCC[C@@H](N2CCNC2=O)C1. The number of nitrogens with zero attached hydrogens (tertiary/aromatic N) is 3. The van der Waals surface area contributed by atoms with E-state index in [1.165, 1.54) is 0 Å². The maximum atomic E-state index is 12.4. The third kappa shape index (κ3) is 3.37. The highest BCUT2D eigenvalue weighted by molar-refractivity contribution is 5.78. The zero-order chi connectivity index (χ0) is 15.4. The Balaban J connectivity index is 1.53. The molecule has 0 radical (unpaired) electrons. The minimum atomic E-state index is 0.00721. The first-order valence-electron chi connectivity index (χ1n) is 7.96. The number of pyridine rings is 1. The lowest BCUT2D eigenvalue weighted by Crippen LogP contribution is -2.50. The molecule has 0 bridgehead atoms. The monoisotopic (exact) mass is 302 g/mol. The van der Waals surface area contributed by atoms with E-state index in [9.17, 15) is 9.59 Å². The van der Waals surface area contributed by atoms with Crippen molar-refractivity contribution >= 4 is 11.9 Å². The molecule has 1 N–H and O–H groups in total. The molecule has 6 nitrogen and oxygen atoms in total. The van der Waals surface area contributed by atoms with E-state index in [-0.39, 0.29) is 18.0 Å². The van der Waals surface area contributed by atoms with Gasteiger partial charge in [0.2, 0.25) is 5.91 Å². The topological polar surface area (TPSA) is 65.5 Å². The van der Waals surface area contributed by atoms with Gasteiger partial charge in [0.15, 0.2) is 0 Å². The van der Waals surface area contributed by atoms with Gasteiger partial charge in [-0.05, 0) is 31.4 Å². The molecule has 6 heteroatoms. The quantitative estimate of drug-likeness (QED) is 0.903. The highest BCUT2D eigenvalue weighted by Gasteiger charge is 2.32. The molecule has 1 aromatic rings. The van der Waals surface area contributed by atoms with Crippen molar-refractivity contribution in [3.63, 3.8) is 0 Å². The number of aryl methyl sites for hydroxylation is 1. The fraction of sp³-hybridized carbons (Fsp3) is 0.562. The highest BCUT2D eigenvalue weighted by atomic mass is 16.2. The number of hydrogen-bond donors (Lipinski definition) is 1. The van der Waals surface area contributed by atoms with E-state index < -0.39 is 0 Å². The zero-order valence-corrected chi connectivity index (χ0v) is 12.7. The molecule has 22 heavy (non-hydrogen) atoms. The van der Waals surface area contributed by atoms with E-state index in [1.54, 1.807) is 6.20 Å². The summed E-state index contributed by atoms with van der Waals surface area (Å²) in [6.07, 6.45) is 4.85. The van der Waals surface area contributed by atoms with Gasteiger partial charge in [0.05, 0.1) is 6.04 Å². The largest absolute Gasteiger partial charge is 0.341 e. The predicted molar refractivity (Wildman–Crippen MR) is 82.3 cm³/mol.